The Morgan fingerprint density at radius 1 is 1.32 bits per heavy atom. The zero-order valence-corrected chi connectivity index (χ0v) is 12.9. The molecule has 0 aromatic rings. The third kappa shape index (κ3) is 7.86. The van der Waals surface area contributed by atoms with Crippen molar-refractivity contribution >= 4 is 5.91 Å². The fraction of sp³-hybridized carbons (Fsp3) is 0.706. The Kier molecular flexibility index (Phi) is 6.90. The maximum absolute atomic E-state index is 11.5. The van der Waals surface area contributed by atoms with Crippen LogP contribution in [0.1, 0.15) is 53.4 Å². The maximum Gasteiger partial charge on any atom is 0.223 e. The fourth-order valence-corrected chi connectivity index (χ4v) is 2.06. The number of rotatable bonds is 8. The summed E-state index contributed by atoms with van der Waals surface area (Å²) in [5.74, 6) is 1.85. The Bertz CT molecular complexity index is 337. The lowest BCUT2D eigenvalue weighted by Crippen LogP contribution is -2.24. The van der Waals surface area contributed by atoms with E-state index in [9.17, 15) is 4.79 Å². The molecule has 1 unspecified atom stereocenters. The van der Waals surface area contributed by atoms with Gasteiger partial charge in [-0.05, 0) is 44.4 Å². The van der Waals surface area contributed by atoms with Crippen molar-refractivity contribution in [3.63, 3.8) is 0 Å². The number of amides is 1. The van der Waals surface area contributed by atoms with Crippen LogP contribution in [0.4, 0.5) is 0 Å². The van der Waals surface area contributed by atoms with Crippen molar-refractivity contribution < 1.29 is 4.79 Å². The van der Waals surface area contributed by atoms with E-state index in [4.69, 9.17) is 0 Å². The molecule has 0 radical (unpaired) electrons. The first-order valence-corrected chi connectivity index (χ1v) is 7.59. The highest BCUT2D eigenvalue weighted by atomic mass is 16.2. The van der Waals surface area contributed by atoms with Crippen LogP contribution in [0.5, 0.6) is 0 Å². The second kappa shape index (κ2) is 8.19. The summed E-state index contributed by atoms with van der Waals surface area (Å²) < 4.78 is 0. The predicted molar refractivity (Wildman–Crippen MR) is 81.9 cm³/mol. The van der Waals surface area contributed by atoms with Crippen LogP contribution in [0, 0.1) is 17.8 Å². The van der Waals surface area contributed by atoms with E-state index in [1.807, 2.05) is 0 Å². The molecule has 1 aliphatic carbocycles. The van der Waals surface area contributed by atoms with Crippen LogP contribution in [0.25, 0.3) is 0 Å². The van der Waals surface area contributed by atoms with E-state index in [0.717, 1.165) is 31.6 Å². The standard InChI is InChI=1S/C17H29NO/c1-13(2)6-5-7-14(3)12-15(4)10-11-18-17(19)16-8-9-16/h5,7,10,13-14,16H,6,8-9,11-12H2,1-4H3,(H,18,19)/b7-5-,15-10+. The molecule has 0 aromatic carbocycles. The highest BCUT2D eigenvalue weighted by molar-refractivity contribution is 5.80. The van der Waals surface area contributed by atoms with Gasteiger partial charge in [0.2, 0.25) is 5.91 Å². The third-order valence-corrected chi connectivity index (χ3v) is 3.39. The average Bonchev–Trinajstić information content (AvgIpc) is 3.11. The Morgan fingerprint density at radius 2 is 2.00 bits per heavy atom. The van der Waals surface area contributed by atoms with Gasteiger partial charge in [-0.3, -0.25) is 4.79 Å². The minimum Gasteiger partial charge on any atom is -0.352 e. The molecule has 1 aliphatic rings. The Balaban J connectivity index is 2.18. The van der Waals surface area contributed by atoms with Crippen molar-refractivity contribution in [1.29, 1.82) is 0 Å². The Labute approximate surface area is 118 Å². The van der Waals surface area contributed by atoms with E-state index < -0.39 is 0 Å². The molecule has 0 aliphatic heterocycles. The Morgan fingerprint density at radius 3 is 2.58 bits per heavy atom. The second-order valence-electron chi connectivity index (χ2n) is 6.31. The Hall–Kier alpha value is -1.05. The second-order valence-corrected chi connectivity index (χ2v) is 6.31. The number of carbonyl (C=O) groups excluding carboxylic acids is 1. The number of nitrogens with one attached hydrogen (secondary N) is 1. The summed E-state index contributed by atoms with van der Waals surface area (Å²) in [4.78, 5) is 11.5. The van der Waals surface area contributed by atoms with Gasteiger partial charge in [-0.25, -0.2) is 0 Å². The third-order valence-electron chi connectivity index (χ3n) is 3.39. The van der Waals surface area contributed by atoms with E-state index in [1.54, 1.807) is 0 Å². The lowest BCUT2D eigenvalue weighted by molar-refractivity contribution is -0.122. The van der Waals surface area contributed by atoms with E-state index in [1.165, 1.54) is 5.57 Å². The first-order chi connectivity index (χ1) is 8.99. The van der Waals surface area contributed by atoms with Crippen LogP contribution in [-0.2, 0) is 4.79 Å². The molecular weight excluding hydrogens is 234 g/mol. The van der Waals surface area contributed by atoms with Crippen LogP contribution in [0.15, 0.2) is 23.8 Å². The van der Waals surface area contributed by atoms with E-state index in [0.29, 0.717) is 18.4 Å². The van der Waals surface area contributed by atoms with Crippen molar-refractivity contribution in [1.82, 2.24) is 5.32 Å². The molecule has 0 aromatic heterocycles. The fourth-order valence-electron chi connectivity index (χ4n) is 2.06. The molecule has 0 heterocycles. The van der Waals surface area contributed by atoms with Gasteiger partial charge in [-0.1, -0.05) is 44.6 Å². The van der Waals surface area contributed by atoms with Gasteiger partial charge in [0.1, 0.15) is 0 Å². The minimum atomic E-state index is 0.230. The van der Waals surface area contributed by atoms with Gasteiger partial charge in [-0.2, -0.15) is 0 Å². The molecule has 108 valence electrons. The summed E-state index contributed by atoms with van der Waals surface area (Å²) in [5.41, 5.74) is 1.36. The van der Waals surface area contributed by atoms with Gasteiger partial charge >= 0.3 is 0 Å². The topological polar surface area (TPSA) is 29.1 Å². The summed E-state index contributed by atoms with van der Waals surface area (Å²) in [7, 11) is 0. The van der Waals surface area contributed by atoms with Crippen molar-refractivity contribution in [2.75, 3.05) is 6.54 Å². The molecule has 1 atom stereocenters. The molecule has 0 saturated heterocycles. The highest BCUT2D eigenvalue weighted by Crippen LogP contribution is 2.28. The molecule has 2 heteroatoms. The summed E-state index contributed by atoms with van der Waals surface area (Å²) in [6.45, 7) is 9.56. The predicted octanol–water partition coefficient (Wildman–Crippen LogP) is 4.09. The van der Waals surface area contributed by atoms with Crippen LogP contribution in [-0.4, -0.2) is 12.5 Å². The van der Waals surface area contributed by atoms with Crippen LogP contribution < -0.4 is 5.32 Å². The largest absolute Gasteiger partial charge is 0.352 e. The molecule has 1 rings (SSSR count). The minimum absolute atomic E-state index is 0.230. The normalized spacial score (nSPS) is 18.1. The van der Waals surface area contributed by atoms with Gasteiger partial charge in [0.05, 0.1) is 0 Å². The number of hydrogen-bond acceptors (Lipinski definition) is 1. The molecular formula is C17H29NO. The number of allylic oxidation sites excluding steroid dienone is 3. The quantitative estimate of drug-likeness (QED) is 0.657. The maximum atomic E-state index is 11.5. The van der Waals surface area contributed by atoms with Crippen LogP contribution in [0.3, 0.4) is 0 Å². The first kappa shape index (κ1) is 16.0. The molecule has 1 fully saturated rings. The SMILES string of the molecule is C/C(=C\CNC(=O)C1CC1)CC(C)/C=C\CC(C)C. The molecule has 1 amide bonds. The molecule has 0 spiro atoms. The summed E-state index contributed by atoms with van der Waals surface area (Å²) in [6.07, 6.45) is 11.1. The lowest BCUT2D eigenvalue weighted by Gasteiger charge is -2.08. The smallest absolute Gasteiger partial charge is 0.223 e. The monoisotopic (exact) mass is 263 g/mol. The van der Waals surface area contributed by atoms with Crippen molar-refractivity contribution in [2.24, 2.45) is 17.8 Å². The lowest BCUT2D eigenvalue weighted by atomic mass is 10.00. The first-order valence-electron chi connectivity index (χ1n) is 7.59. The van der Waals surface area contributed by atoms with Crippen LogP contribution in [0.2, 0.25) is 0 Å². The van der Waals surface area contributed by atoms with E-state index in [2.05, 4.69) is 51.2 Å². The zero-order valence-electron chi connectivity index (χ0n) is 12.9. The molecule has 2 nitrogen and oxygen atoms in total. The zero-order chi connectivity index (χ0) is 14.3. The van der Waals surface area contributed by atoms with Crippen LogP contribution >= 0.6 is 0 Å². The number of carbonyl (C=O) groups is 1. The van der Waals surface area contributed by atoms with Gasteiger partial charge < -0.3 is 5.32 Å². The summed E-state index contributed by atoms with van der Waals surface area (Å²) >= 11 is 0. The van der Waals surface area contributed by atoms with E-state index >= 15 is 0 Å². The van der Waals surface area contributed by atoms with Crippen molar-refractivity contribution in [3.05, 3.63) is 23.8 Å². The number of hydrogen-bond donors (Lipinski definition) is 1. The van der Waals surface area contributed by atoms with Gasteiger partial charge in [0, 0.05) is 12.5 Å². The summed E-state index contributed by atoms with van der Waals surface area (Å²) in [5, 5.41) is 2.97. The average molecular weight is 263 g/mol. The van der Waals surface area contributed by atoms with Crippen molar-refractivity contribution in [2.45, 2.75) is 53.4 Å². The molecule has 0 bridgehead atoms. The summed E-state index contributed by atoms with van der Waals surface area (Å²) in [6, 6.07) is 0. The molecule has 1 N–H and O–H groups in total. The molecule has 1 saturated carbocycles. The van der Waals surface area contributed by atoms with E-state index in [-0.39, 0.29) is 5.91 Å². The van der Waals surface area contributed by atoms with Gasteiger partial charge in [0.15, 0.2) is 0 Å². The van der Waals surface area contributed by atoms with Gasteiger partial charge in [-0.15, -0.1) is 0 Å². The highest BCUT2D eigenvalue weighted by Gasteiger charge is 2.28. The van der Waals surface area contributed by atoms with Crippen molar-refractivity contribution in [3.8, 4) is 0 Å². The molecule has 19 heavy (non-hydrogen) atoms. The van der Waals surface area contributed by atoms with Gasteiger partial charge in [0.25, 0.3) is 0 Å².